The van der Waals surface area contributed by atoms with E-state index in [1.807, 2.05) is 20.8 Å². The van der Waals surface area contributed by atoms with Gasteiger partial charge in [0, 0.05) is 12.0 Å². The molecule has 2 rings (SSSR count). The van der Waals surface area contributed by atoms with E-state index in [4.69, 9.17) is 4.52 Å². The molecule has 0 atom stereocenters. The second-order valence-corrected chi connectivity index (χ2v) is 4.83. The molecule has 0 aliphatic carbocycles. The maximum absolute atomic E-state index is 13.5. The Hall–Kier alpha value is -2.17. The van der Waals surface area contributed by atoms with Crippen LogP contribution in [0.2, 0.25) is 0 Å². The molecule has 5 heteroatoms. The number of nitrogens with one attached hydrogen (secondary N) is 1. The van der Waals surface area contributed by atoms with Gasteiger partial charge in [-0.25, -0.2) is 4.39 Å². The molecule has 1 aromatic carbocycles. The Labute approximate surface area is 117 Å². The summed E-state index contributed by atoms with van der Waals surface area (Å²) in [6, 6.07) is 4.62. The summed E-state index contributed by atoms with van der Waals surface area (Å²) in [5.41, 5.74) is 2.84. The van der Waals surface area contributed by atoms with Crippen LogP contribution in [0.4, 0.5) is 10.1 Å². The first-order chi connectivity index (χ1) is 9.47. The number of halogens is 1. The van der Waals surface area contributed by atoms with Gasteiger partial charge in [-0.2, -0.15) is 0 Å². The zero-order valence-electron chi connectivity index (χ0n) is 11.8. The van der Waals surface area contributed by atoms with Gasteiger partial charge in [0.15, 0.2) is 0 Å². The molecule has 1 N–H and O–H groups in total. The molecule has 2 aromatic rings. The van der Waals surface area contributed by atoms with Crippen LogP contribution in [0.1, 0.15) is 29.0 Å². The summed E-state index contributed by atoms with van der Waals surface area (Å²) in [7, 11) is 0. The Morgan fingerprint density at radius 2 is 2.10 bits per heavy atom. The molecule has 4 nitrogen and oxygen atoms in total. The van der Waals surface area contributed by atoms with Crippen LogP contribution >= 0.6 is 0 Å². The lowest BCUT2D eigenvalue weighted by atomic mass is 10.1. The van der Waals surface area contributed by atoms with Crippen LogP contribution in [0.5, 0.6) is 0 Å². The van der Waals surface area contributed by atoms with Gasteiger partial charge in [-0.05, 0) is 44.9 Å². The predicted octanol–water partition coefficient (Wildman–Crippen LogP) is 3.31. The van der Waals surface area contributed by atoms with Crippen LogP contribution in [-0.2, 0) is 11.2 Å². The fraction of sp³-hybridized carbons (Fsp3) is 0.333. The van der Waals surface area contributed by atoms with Crippen LogP contribution in [0.3, 0.4) is 0 Å². The maximum Gasteiger partial charge on any atom is 0.224 e. The highest BCUT2D eigenvalue weighted by Gasteiger charge is 2.12. The second kappa shape index (κ2) is 5.86. The third-order valence-electron chi connectivity index (χ3n) is 3.18. The Morgan fingerprint density at radius 1 is 1.35 bits per heavy atom. The van der Waals surface area contributed by atoms with Crippen molar-refractivity contribution in [3.63, 3.8) is 0 Å². The van der Waals surface area contributed by atoms with Crippen molar-refractivity contribution in [1.29, 1.82) is 0 Å². The molecule has 1 heterocycles. The SMILES string of the molecule is Cc1ccc(F)c(NC(=O)CCc2c(C)noc2C)c1. The molecule has 0 radical (unpaired) electrons. The Kier molecular flexibility index (Phi) is 4.17. The topological polar surface area (TPSA) is 55.1 Å². The molecule has 0 saturated carbocycles. The number of carbonyl (C=O) groups is 1. The minimum Gasteiger partial charge on any atom is -0.361 e. The molecule has 1 aromatic heterocycles. The van der Waals surface area contributed by atoms with Gasteiger partial charge in [0.05, 0.1) is 11.4 Å². The highest BCUT2D eigenvalue weighted by atomic mass is 19.1. The molecule has 0 fully saturated rings. The molecule has 0 aliphatic rings. The van der Waals surface area contributed by atoms with Gasteiger partial charge in [-0.15, -0.1) is 0 Å². The number of aryl methyl sites for hydroxylation is 3. The third-order valence-corrected chi connectivity index (χ3v) is 3.18. The number of benzene rings is 1. The first kappa shape index (κ1) is 14.2. The number of anilines is 1. The number of hydrogen-bond donors (Lipinski definition) is 1. The molecule has 20 heavy (non-hydrogen) atoms. The van der Waals surface area contributed by atoms with Crippen LogP contribution in [-0.4, -0.2) is 11.1 Å². The van der Waals surface area contributed by atoms with Crippen molar-refractivity contribution in [3.05, 3.63) is 46.6 Å². The van der Waals surface area contributed by atoms with E-state index in [2.05, 4.69) is 10.5 Å². The summed E-state index contributed by atoms with van der Waals surface area (Å²) in [6.45, 7) is 5.50. The van der Waals surface area contributed by atoms with Crippen LogP contribution < -0.4 is 5.32 Å². The summed E-state index contributed by atoms with van der Waals surface area (Å²) in [5.74, 6) is 0.0628. The highest BCUT2D eigenvalue weighted by molar-refractivity contribution is 5.91. The van der Waals surface area contributed by atoms with Gasteiger partial charge >= 0.3 is 0 Å². The zero-order valence-corrected chi connectivity index (χ0v) is 11.8. The first-order valence-electron chi connectivity index (χ1n) is 6.45. The molecule has 0 aliphatic heterocycles. The summed E-state index contributed by atoms with van der Waals surface area (Å²) >= 11 is 0. The minimum absolute atomic E-state index is 0.216. The summed E-state index contributed by atoms with van der Waals surface area (Å²) < 4.78 is 18.6. The Bertz CT molecular complexity index is 615. The van der Waals surface area contributed by atoms with E-state index in [0.717, 1.165) is 22.6 Å². The van der Waals surface area contributed by atoms with E-state index >= 15 is 0 Å². The molecule has 0 unspecified atom stereocenters. The van der Waals surface area contributed by atoms with Crippen molar-refractivity contribution < 1.29 is 13.7 Å². The van der Waals surface area contributed by atoms with Crippen molar-refractivity contribution in [3.8, 4) is 0 Å². The van der Waals surface area contributed by atoms with Crippen molar-refractivity contribution in [1.82, 2.24) is 5.16 Å². The van der Waals surface area contributed by atoms with E-state index in [9.17, 15) is 9.18 Å². The van der Waals surface area contributed by atoms with E-state index < -0.39 is 5.82 Å². The molecule has 1 amide bonds. The van der Waals surface area contributed by atoms with E-state index in [0.29, 0.717) is 6.42 Å². The molecule has 0 spiro atoms. The summed E-state index contributed by atoms with van der Waals surface area (Å²) in [4.78, 5) is 11.9. The second-order valence-electron chi connectivity index (χ2n) is 4.83. The Morgan fingerprint density at radius 3 is 2.75 bits per heavy atom. The fourth-order valence-corrected chi connectivity index (χ4v) is 2.04. The lowest BCUT2D eigenvalue weighted by Crippen LogP contribution is -2.13. The van der Waals surface area contributed by atoms with Crippen molar-refractivity contribution in [2.45, 2.75) is 33.6 Å². The Balaban J connectivity index is 1.98. The van der Waals surface area contributed by atoms with Crippen LogP contribution in [0.15, 0.2) is 22.7 Å². The average molecular weight is 276 g/mol. The van der Waals surface area contributed by atoms with Gasteiger partial charge in [0.25, 0.3) is 0 Å². The van der Waals surface area contributed by atoms with Gasteiger partial charge in [-0.1, -0.05) is 11.2 Å². The average Bonchev–Trinajstić information content (AvgIpc) is 2.71. The third kappa shape index (κ3) is 3.23. The molecular formula is C15H17FN2O2. The number of rotatable bonds is 4. The van der Waals surface area contributed by atoms with Gasteiger partial charge < -0.3 is 9.84 Å². The van der Waals surface area contributed by atoms with E-state index in [1.165, 1.54) is 6.07 Å². The molecular weight excluding hydrogens is 259 g/mol. The monoisotopic (exact) mass is 276 g/mol. The fourth-order valence-electron chi connectivity index (χ4n) is 2.04. The maximum atomic E-state index is 13.5. The predicted molar refractivity (Wildman–Crippen MR) is 74.1 cm³/mol. The van der Waals surface area contributed by atoms with Gasteiger partial charge in [-0.3, -0.25) is 4.79 Å². The van der Waals surface area contributed by atoms with Crippen molar-refractivity contribution in [2.75, 3.05) is 5.32 Å². The first-order valence-corrected chi connectivity index (χ1v) is 6.45. The van der Waals surface area contributed by atoms with Crippen molar-refractivity contribution >= 4 is 11.6 Å². The standard InChI is InChI=1S/C15H17FN2O2/c1-9-4-6-13(16)14(8-9)17-15(19)7-5-12-10(2)18-20-11(12)3/h4,6,8H,5,7H2,1-3H3,(H,17,19). The van der Waals surface area contributed by atoms with Crippen LogP contribution in [0.25, 0.3) is 0 Å². The van der Waals surface area contributed by atoms with Gasteiger partial charge in [0.2, 0.25) is 5.91 Å². The highest BCUT2D eigenvalue weighted by Crippen LogP contribution is 2.17. The molecule has 0 saturated heterocycles. The number of nitrogens with zero attached hydrogens (tertiary/aromatic N) is 1. The normalized spacial score (nSPS) is 10.6. The smallest absolute Gasteiger partial charge is 0.224 e. The lowest BCUT2D eigenvalue weighted by Gasteiger charge is -2.07. The largest absolute Gasteiger partial charge is 0.361 e. The van der Waals surface area contributed by atoms with Crippen LogP contribution in [0, 0.1) is 26.6 Å². The van der Waals surface area contributed by atoms with E-state index in [1.54, 1.807) is 12.1 Å². The zero-order chi connectivity index (χ0) is 14.7. The molecule has 0 bridgehead atoms. The summed E-state index contributed by atoms with van der Waals surface area (Å²) in [6.07, 6.45) is 0.788. The minimum atomic E-state index is -0.429. The number of amides is 1. The van der Waals surface area contributed by atoms with E-state index in [-0.39, 0.29) is 18.0 Å². The van der Waals surface area contributed by atoms with Crippen molar-refractivity contribution in [2.24, 2.45) is 0 Å². The number of carbonyl (C=O) groups excluding carboxylic acids is 1. The van der Waals surface area contributed by atoms with Gasteiger partial charge in [0.1, 0.15) is 11.6 Å². The number of hydrogen-bond acceptors (Lipinski definition) is 3. The molecule has 106 valence electrons. The number of aromatic nitrogens is 1. The lowest BCUT2D eigenvalue weighted by molar-refractivity contribution is -0.116. The quantitative estimate of drug-likeness (QED) is 0.932. The summed E-state index contributed by atoms with van der Waals surface area (Å²) in [5, 5.41) is 6.42.